The van der Waals surface area contributed by atoms with Crippen molar-refractivity contribution in [3.05, 3.63) is 25.7 Å². The summed E-state index contributed by atoms with van der Waals surface area (Å²) in [6.07, 6.45) is 0. The molecule has 0 aliphatic rings. The molecule has 7 heteroatoms. The van der Waals surface area contributed by atoms with Gasteiger partial charge in [0.1, 0.15) is 11.0 Å². The molecule has 0 amide bonds. The lowest BCUT2D eigenvalue weighted by Gasteiger charge is -2.04. The highest BCUT2D eigenvalue weighted by molar-refractivity contribution is 14.1. The first-order valence-corrected chi connectivity index (χ1v) is 7.39. The summed E-state index contributed by atoms with van der Waals surface area (Å²) in [6, 6.07) is 4.97. The lowest BCUT2D eigenvalue weighted by Crippen LogP contribution is -1.99. The standard InChI is InChI=1S/C7H2BrClINO2S/c8-5-1-2-6(10)7(4(5)3-11)14(9,12)13/h1-2H. The Balaban J connectivity index is 3.74. The number of nitrogens with zero attached hydrogens (tertiary/aromatic N) is 1. The van der Waals surface area contributed by atoms with Crippen molar-refractivity contribution >= 4 is 58.3 Å². The van der Waals surface area contributed by atoms with E-state index in [4.69, 9.17) is 15.9 Å². The van der Waals surface area contributed by atoms with E-state index in [-0.39, 0.29) is 10.5 Å². The maximum Gasteiger partial charge on any atom is 0.263 e. The molecule has 0 N–H and O–H groups in total. The first-order chi connectivity index (χ1) is 6.38. The van der Waals surface area contributed by atoms with Gasteiger partial charge in [-0.25, -0.2) is 8.42 Å². The number of halogens is 3. The SMILES string of the molecule is N#Cc1c(Br)ccc(I)c1S(=O)(=O)Cl. The molecule has 1 aromatic carbocycles. The maximum absolute atomic E-state index is 11.2. The van der Waals surface area contributed by atoms with Crippen LogP contribution in [0, 0.1) is 14.9 Å². The minimum Gasteiger partial charge on any atom is -0.207 e. The minimum absolute atomic E-state index is 0.0342. The van der Waals surface area contributed by atoms with Crippen LogP contribution in [0.1, 0.15) is 5.56 Å². The van der Waals surface area contributed by atoms with E-state index in [1.54, 1.807) is 18.2 Å². The monoisotopic (exact) mass is 405 g/mol. The van der Waals surface area contributed by atoms with Crippen LogP contribution in [0.15, 0.2) is 21.5 Å². The van der Waals surface area contributed by atoms with Gasteiger partial charge in [0.2, 0.25) is 0 Å². The number of hydrogen-bond acceptors (Lipinski definition) is 3. The van der Waals surface area contributed by atoms with Crippen LogP contribution in [0.5, 0.6) is 0 Å². The third kappa shape index (κ3) is 2.39. The smallest absolute Gasteiger partial charge is 0.207 e. The molecule has 0 aliphatic carbocycles. The van der Waals surface area contributed by atoms with Gasteiger partial charge in [-0.05, 0) is 50.7 Å². The van der Waals surface area contributed by atoms with Crippen LogP contribution in [0.4, 0.5) is 0 Å². The molecule has 1 rings (SSSR count). The van der Waals surface area contributed by atoms with E-state index in [2.05, 4.69) is 15.9 Å². The molecule has 0 spiro atoms. The van der Waals surface area contributed by atoms with Gasteiger partial charge in [-0.15, -0.1) is 0 Å². The fourth-order valence-corrected chi connectivity index (χ4v) is 4.32. The molecule has 14 heavy (non-hydrogen) atoms. The largest absolute Gasteiger partial charge is 0.263 e. The third-order valence-electron chi connectivity index (χ3n) is 1.41. The Morgan fingerprint density at radius 2 is 2.07 bits per heavy atom. The Labute approximate surface area is 108 Å². The van der Waals surface area contributed by atoms with Crippen LogP contribution in [0.2, 0.25) is 0 Å². The summed E-state index contributed by atoms with van der Waals surface area (Å²) in [5.41, 5.74) is 0.0342. The average molecular weight is 406 g/mol. The Kier molecular flexibility index (Phi) is 3.80. The van der Waals surface area contributed by atoms with E-state index in [1.807, 2.05) is 22.6 Å². The normalized spacial score (nSPS) is 11.0. The van der Waals surface area contributed by atoms with Crippen molar-refractivity contribution in [2.75, 3.05) is 0 Å². The number of hydrogen-bond donors (Lipinski definition) is 0. The van der Waals surface area contributed by atoms with Crippen molar-refractivity contribution in [2.45, 2.75) is 4.90 Å². The van der Waals surface area contributed by atoms with Crippen LogP contribution in [-0.2, 0) is 9.05 Å². The van der Waals surface area contributed by atoms with Crippen LogP contribution < -0.4 is 0 Å². The fourth-order valence-electron chi connectivity index (χ4n) is 0.876. The second-order valence-electron chi connectivity index (χ2n) is 2.28. The van der Waals surface area contributed by atoms with Gasteiger partial charge in [0.25, 0.3) is 9.05 Å². The topological polar surface area (TPSA) is 57.9 Å². The quantitative estimate of drug-likeness (QED) is 0.532. The third-order valence-corrected chi connectivity index (χ3v) is 4.71. The Bertz CT molecular complexity index is 523. The summed E-state index contributed by atoms with van der Waals surface area (Å²) in [5, 5.41) is 8.78. The van der Waals surface area contributed by atoms with Crippen molar-refractivity contribution in [3.63, 3.8) is 0 Å². The van der Waals surface area contributed by atoms with Gasteiger partial charge >= 0.3 is 0 Å². The fraction of sp³-hybridized carbons (Fsp3) is 0. The second-order valence-corrected chi connectivity index (χ2v) is 6.80. The lowest BCUT2D eigenvalue weighted by atomic mass is 10.2. The summed E-state index contributed by atoms with van der Waals surface area (Å²) >= 11 is 4.90. The van der Waals surface area contributed by atoms with Gasteiger partial charge in [-0.1, -0.05) is 0 Å². The molecule has 0 unspecified atom stereocenters. The average Bonchev–Trinajstić information content (AvgIpc) is 2.06. The maximum atomic E-state index is 11.2. The van der Waals surface area contributed by atoms with Crippen molar-refractivity contribution < 1.29 is 8.42 Å². The van der Waals surface area contributed by atoms with Crippen molar-refractivity contribution in [3.8, 4) is 6.07 Å². The number of rotatable bonds is 1. The molecule has 1 aromatic rings. The van der Waals surface area contributed by atoms with Crippen LogP contribution >= 0.6 is 49.2 Å². The highest BCUT2D eigenvalue weighted by Crippen LogP contribution is 2.30. The predicted molar refractivity (Wildman–Crippen MR) is 64.6 cm³/mol. The molecular formula is C7H2BrClINO2S. The predicted octanol–water partition coefficient (Wildman–Crippen LogP) is 2.85. The van der Waals surface area contributed by atoms with E-state index in [0.717, 1.165) is 0 Å². The molecule has 0 atom stereocenters. The molecule has 0 radical (unpaired) electrons. The zero-order valence-electron chi connectivity index (χ0n) is 6.46. The van der Waals surface area contributed by atoms with E-state index >= 15 is 0 Å². The summed E-state index contributed by atoms with van der Waals surface area (Å²) in [5.74, 6) is 0. The van der Waals surface area contributed by atoms with Gasteiger partial charge in [-0.3, -0.25) is 0 Å². The molecule has 74 valence electrons. The first-order valence-electron chi connectivity index (χ1n) is 3.20. The van der Waals surface area contributed by atoms with Gasteiger partial charge in [-0.2, -0.15) is 5.26 Å². The van der Waals surface area contributed by atoms with Gasteiger partial charge in [0.05, 0.1) is 5.56 Å². The summed E-state index contributed by atoms with van der Waals surface area (Å²) < 4.78 is 23.2. The van der Waals surface area contributed by atoms with Crippen molar-refractivity contribution in [1.82, 2.24) is 0 Å². The summed E-state index contributed by atoms with van der Waals surface area (Å²) in [4.78, 5) is -0.142. The van der Waals surface area contributed by atoms with Gasteiger partial charge < -0.3 is 0 Å². The molecule has 0 saturated carbocycles. The molecule has 3 nitrogen and oxygen atoms in total. The highest BCUT2D eigenvalue weighted by Gasteiger charge is 2.21. The molecule has 0 saturated heterocycles. The van der Waals surface area contributed by atoms with E-state index in [1.165, 1.54) is 0 Å². The Morgan fingerprint density at radius 1 is 1.50 bits per heavy atom. The number of nitriles is 1. The van der Waals surface area contributed by atoms with E-state index in [9.17, 15) is 8.42 Å². The zero-order valence-corrected chi connectivity index (χ0v) is 11.8. The van der Waals surface area contributed by atoms with E-state index in [0.29, 0.717) is 8.04 Å². The van der Waals surface area contributed by atoms with E-state index < -0.39 is 9.05 Å². The molecule has 0 bridgehead atoms. The second kappa shape index (κ2) is 4.35. The van der Waals surface area contributed by atoms with Crippen molar-refractivity contribution in [1.29, 1.82) is 5.26 Å². The van der Waals surface area contributed by atoms with Crippen molar-refractivity contribution in [2.24, 2.45) is 0 Å². The van der Waals surface area contributed by atoms with Crippen LogP contribution in [0.3, 0.4) is 0 Å². The molecule has 0 heterocycles. The summed E-state index contributed by atoms with van der Waals surface area (Å²) in [6.45, 7) is 0. The first kappa shape index (κ1) is 12.2. The lowest BCUT2D eigenvalue weighted by molar-refractivity contribution is 0.609. The number of benzene rings is 1. The van der Waals surface area contributed by atoms with Gasteiger partial charge in [0, 0.05) is 18.7 Å². The van der Waals surface area contributed by atoms with Crippen LogP contribution in [-0.4, -0.2) is 8.42 Å². The minimum atomic E-state index is -3.89. The molecule has 0 aromatic heterocycles. The zero-order chi connectivity index (χ0) is 10.9. The Morgan fingerprint density at radius 3 is 2.43 bits per heavy atom. The summed E-state index contributed by atoms with van der Waals surface area (Å²) in [7, 11) is 1.33. The highest BCUT2D eigenvalue weighted by atomic mass is 127. The van der Waals surface area contributed by atoms with Gasteiger partial charge in [0.15, 0.2) is 0 Å². The molecule has 0 fully saturated rings. The van der Waals surface area contributed by atoms with Crippen LogP contribution in [0.25, 0.3) is 0 Å². The Hall–Kier alpha value is 0.160. The molecular weight excluding hydrogens is 404 g/mol. The molecule has 0 aliphatic heterocycles.